The van der Waals surface area contributed by atoms with Gasteiger partial charge in [-0.3, -0.25) is 0 Å². The van der Waals surface area contributed by atoms with E-state index >= 15 is 0 Å². The van der Waals surface area contributed by atoms with Gasteiger partial charge in [0.2, 0.25) is 0 Å². The minimum atomic E-state index is 0. The topological polar surface area (TPSA) is 55.4 Å². The molecular weight excluding hydrogens is 474 g/mol. The van der Waals surface area contributed by atoms with Gasteiger partial charge in [0, 0.05) is 42.7 Å². The van der Waals surface area contributed by atoms with Crippen molar-refractivity contribution in [1.82, 2.24) is 0 Å². The van der Waals surface area contributed by atoms with E-state index in [9.17, 15) is 0 Å². The van der Waals surface area contributed by atoms with Gasteiger partial charge in [-0.05, 0) is 44.5 Å². The van der Waals surface area contributed by atoms with Crippen LogP contribution < -0.4 is 5.46 Å². The van der Waals surface area contributed by atoms with E-state index in [0.717, 1.165) is 0 Å². The molecule has 0 aliphatic rings. The molecule has 4 aromatic rings. The Labute approximate surface area is 241 Å². The van der Waals surface area contributed by atoms with Gasteiger partial charge in [0.05, 0.1) is 39.6 Å². The van der Waals surface area contributed by atoms with E-state index in [1.54, 1.807) is 42.7 Å². The Bertz CT molecular complexity index is 1110. The molecule has 0 N–H and O–H groups in total. The number of fused-ring (bicyclic) bond motifs is 4. The molecule has 4 aromatic carbocycles. The molecule has 0 fully saturated rings. The standard InChI is InChI=1S/C18H13B.3C4H10O2.Li.H/c19-17-7-3-6-12-8-9-15-10-13-4-1-2-5-14(13)11-16(15)18(12)17;3*1-5-3-4-6-2;;/h1-11H,19H2;3*3-4H2,1-2H3;;. The van der Waals surface area contributed by atoms with Crippen LogP contribution in [-0.4, -0.2) is 109 Å². The normalized spacial score (nSPS) is 9.95. The van der Waals surface area contributed by atoms with Crippen LogP contribution in [0.3, 0.4) is 0 Å². The maximum atomic E-state index is 4.66. The first kappa shape index (κ1) is 36.1. The summed E-state index contributed by atoms with van der Waals surface area (Å²) < 4.78 is 27.9. The second-order valence-electron chi connectivity index (χ2n) is 8.12. The Balaban J connectivity index is 0.000000602. The average Bonchev–Trinajstić information content (AvgIpc) is 2.93. The molecule has 0 aliphatic heterocycles. The number of hydrogen-bond acceptors (Lipinski definition) is 6. The first-order chi connectivity index (χ1) is 18.1. The molecule has 0 saturated carbocycles. The molecule has 0 spiro atoms. The van der Waals surface area contributed by atoms with E-state index in [1.807, 2.05) is 0 Å². The van der Waals surface area contributed by atoms with E-state index < -0.39 is 0 Å². The van der Waals surface area contributed by atoms with E-state index in [2.05, 4.69) is 103 Å². The molecule has 0 unspecified atom stereocenters. The Kier molecular flexibility index (Phi) is 21.9. The van der Waals surface area contributed by atoms with Crippen molar-refractivity contribution in [3.63, 3.8) is 0 Å². The predicted octanol–water partition coefficient (Wildman–Crippen LogP) is 3.59. The molecule has 0 atom stereocenters. The molecule has 0 bridgehead atoms. The van der Waals surface area contributed by atoms with Crippen molar-refractivity contribution in [2.24, 2.45) is 0 Å². The predicted molar refractivity (Wildman–Crippen MR) is 166 cm³/mol. The van der Waals surface area contributed by atoms with E-state index in [4.69, 9.17) is 0 Å². The average molecular weight is 518 g/mol. The molecule has 4 rings (SSSR count). The van der Waals surface area contributed by atoms with Crippen molar-refractivity contribution in [1.29, 1.82) is 0 Å². The second kappa shape index (κ2) is 23.0. The summed E-state index contributed by atoms with van der Waals surface area (Å²) in [5, 5.41) is 8.00. The third-order valence-electron chi connectivity index (χ3n) is 5.41. The molecular formula is C30H44BLiO6. The fraction of sp³-hybridized carbons (Fsp3) is 0.400. The van der Waals surface area contributed by atoms with E-state index in [1.165, 1.54) is 37.8 Å². The monoisotopic (exact) mass is 518 g/mol. The number of methoxy groups -OCH3 is 6. The summed E-state index contributed by atoms with van der Waals surface area (Å²) in [6.07, 6.45) is 0. The number of hydrogen-bond donors (Lipinski definition) is 0. The summed E-state index contributed by atoms with van der Waals surface area (Å²) in [5.41, 5.74) is 1.35. The number of benzene rings is 4. The minimum absolute atomic E-state index is 0. The molecule has 0 radical (unpaired) electrons. The Morgan fingerprint density at radius 3 is 1.32 bits per heavy atom. The van der Waals surface area contributed by atoms with Crippen LogP contribution in [0, 0.1) is 0 Å². The molecule has 38 heavy (non-hydrogen) atoms. The van der Waals surface area contributed by atoms with E-state index in [-0.39, 0.29) is 18.9 Å². The fourth-order valence-corrected chi connectivity index (χ4v) is 3.49. The van der Waals surface area contributed by atoms with Gasteiger partial charge in [-0.2, -0.15) is 0 Å². The van der Waals surface area contributed by atoms with Gasteiger partial charge in [0.25, 0.3) is 0 Å². The molecule has 0 heterocycles. The first-order valence-electron chi connectivity index (χ1n) is 12.3. The second-order valence-corrected chi connectivity index (χ2v) is 8.12. The molecule has 6 nitrogen and oxygen atoms in total. The summed E-state index contributed by atoms with van der Waals surface area (Å²) in [7, 11) is 12.1. The van der Waals surface area contributed by atoms with Crippen molar-refractivity contribution in [3.05, 3.63) is 66.7 Å². The molecule has 204 valence electrons. The quantitative estimate of drug-likeness (QED) is 0.146. The van der Waals surface area contributed by atoms with Crippen molar-refractivity contribution < 1.29 is 28.4 Å². The summed E-state index contributed by atoms with van der Waals surface area (Å²) in [4.78, 5) is 0. The van der Waals surface area contributed by atoms with Crippen LogP contribution in [0.15, 0.2) is 66.7 Å². The molecule has 0 aliphatic carbocycles. The van der Waals surface area contributed by atoms with Gasteiger partial charge >= 0.3 is 18.9 Å². The Morgan fingerprint density at radius 2 is 0.868 bits per heavy atom. The zero-order chi connectivity index (χ0) is 27.3. The van der Waals surface area contributed by atoms with Crippen molar-refractivity contribution >= 4 is 64.5 Å². The van der Waals surface area contributed by atoms with Crippen LogP contribution in [0.25, 0.3) is 32.3 Å². The van der Waals surface area contributed by atoms with Crippen LogP contribution in [0.1, 0.15) is 0 Å². The Hall–Kier alpha value is -1.92. The van der Waals surface area contributed by atoms with Gasteiger partial charge in [0.15, 0.2) is 0 Å². The number of ether oxygens (including phenoxy) is 6. The third-order valence-corrected chi connectivity index (χ3v) is 5.41. The van der Waals surface area contributed by atoms with Gasteiger partial charge in [0.1, 0.15) is 7.85 Å². The van der Waals surface area contributed by atoms with E-state index in [0.29, 0.717) is 39.6 Å². The zero-order valence-corrected chi connectivity index (χ0v) is 23.5. The summed E-state index contributed by atoms with van der Waals surface area (Å²) in [5.74, 6) is 0. The molecule has 0 saturated heterocycles. The van der Waals surface area contributed by atoms with Gasteiger partial charge in [-0.15, -0.1) is 0 Å². The van der Waals surface area contributed by atoms with Crippen molar-refractivity contribution in [2.45, 2.75) is 0 Å². The van der Waals surface area contributed by atoms with Crippen LogP contribution in [0.2, 0.25) is 0 Å². The van der Waals surface area contributed by atoms with Crippen LogP contribution in [0.5, 0.6) is 0 Å². The zero-order valence-electron chi connectivity index (χ0n) is 23.5. The maximum absolute atomic E-state index is 4.66. The number of rotatable bonds is 9. The van der Waals surface area contributed by atoms with Crippen LogP contribution in [0.4, 0.5) is 0 Å². The van der Waals surface area contributed by atoms with Crippen LogP contribution >= 0.6 is 0 Å². The first-order valence-corrected chi connectivity index (χ1v) is 12.3. The summed E-state index contributed by atoms with van der Waals surface area (Å²) >= 11 is 0. The van der Waals surface area contributed by atoms with Gasteiger partial charge in [-0.1, -0.05) is 60.1 Å². The van der Waals surface area contributed by atoms with Crippen molar-refractivity contribution in [2.75, 3.05) is 82.3 Å². The fourth-order valence-electron chi connectivity index (χ4n) is 3.49. The van der Waals surface area contributed by atoms with Crippen molar-refractivity contribution in [3.8, 4) is 0 Å². The molecule has 0 amide bonds. The summed E-state index contributed by atoms with van der Waals surface area (Å²) in [6.45, 7) is 4.15. The van der Waals surface area contributed by atoms with Crippen LogP contribution in [-0.2, 0) is 28.4 Å². The Morgan fingerprint density at radius 1 is 0.474 bits per heavy atom. The molecule has 8 heteroatoms. The van der Waals surface area contributed by atoms with Gasteiger partial charge in [-0.25, -0.2) is 0 Å². The summed E-state index contributed by atoms with van der Waals surface area (Å²) in [6, 6.07) is 24.1. The van der Waals surface area contributed by atoms with Gasteiger partial charge < -0.3 is 28.4 Å². The molecule has 0 aromatic heterocycles. The third kappa shape index (κ3) is 13.2. The SMILES string of the molecule is Bc1cccc2ccc3cc4ccccc4cc3c12.COCCOC.COCCOC.COCCOC.[LiH].